The molecule has 4 nitrogen and oxygen atoms in total. The number of hydrogen-bond donors (Lipinski definition) is 1. The van der Waals surface area contributed by atoms with Crippen molar-refractivity contribution in [3.05, 3.63) is 47.2 Å². The quantitative estimate of drug-likeness (QED) is 0.839. The van der Waals surface area contributed by atoms with Gasteiger partial charge in [0.05, 0.1) is 11.6 Å². The van der Waals surface area contributed by atoms with Gasteiger partial charge in [-0.3, -0.25) is 9.69 Å². The minimum atomic E-state index is -0.313. The number of amides is 2. The minimum absolute atomic E-state index is 0.0608. The van der Waals surface area contributed by atoms with Crippen molar-refractivity contribution in [3.8, 4) is 0 Å². The summed E-state index contributed by atoms with van der Waals surface area (Å²) in [4.78, 5) is 25.4. The lowest BCUT2D eigenvalue weighted by molar-refractivity contribution is -0.108. The molecular formula is C13H12N2O2S. The number of rotatable bonds is 1. The zero-order valence-electron chi connectivity index (χ0n) is 9.84. The van der Waals surface area contributed by atoms with Crippen molar-refractivity contribution < 1.29 is 9.59 Å². The van der Waals surface area contributed by atoms with Crippen LogP contribution in [0, 0.1) is 0 Å². The summed E-state index contributed by atoms with van der Waals surface area (Å²) in [6, 6.07) is 9.12. The Morgan fingerprint density at radius 1 is 1.28 bits per heavy atom. The van der Waals surface area contributed by atoms with Crippen LogP contribution < -0.4 is 5.32 Å². The highest BCUT2D eigenvalue weighted by Gasteiger charge is 2.39. The van der Waals surface area contributed by atoms with E-state index in [4.69, 9.17) is 0 Å². The first kappa shape index (κ1) is 11.3. The van der Waals surface area contributed by atoms with Crippen molar-refractivity contribution in [1.29, 1.82) is 0 Å². The molecule has 0 fully saturated rings. The molecule has 0 aliphatic carbocycles. The predicted molar refractivity (Wildman–Crippen MR) is 70.0 cm³/mol. The van der Waals surface area contributed by atoms with E-state index in [9.17, 15) is 9.59 Å². The van der Waals surface area contributed by atoms with Crippen molar-refractivity contribution in [1.82, 2.24) is 10.2 Å². The van der Waals surface area contributed by atoms with Gasteiger partial charge in [0.2, 0.25) is 5.12 Å². The van der Waals surface area contributed by atoms with Crippen LogP contribution in [0.2, 0.25) is 0 Å². The van der Waals surface area contributed by atoms with Gasteiger partial charge in [0.1, 0.15) is 0 Å². The fourth-order valence-corrected chi connectivity index (χ4v) is 3.29. The highest BCUT2D eigenvalue weighted by molar-refractivity contribution is 8.14. The van der Waals surface area contributed by atoms with Gasteiger partial charge in [-0.15, -0.1) is 0 Å². The van der Waals surface area contributed by atoms with E-state index in [0.717, 1.165) is 11.3 Å². The first-order chi connectivity index (χ1) is 8.68. The zero-order chi connectivity index (χ0) is 12.7. The smallest absolute Gasteiger partial charge is 0.322 e. The molecule has 1 aromatic rings. The Kier molecular flexibility index (Phi) is 2.63. The first-order valence-corrected chi connectivity index (χ1v) is 6.66. The van der Waals surface area contributed by atoms with E-state index >= 15 is 0 Å². The second kappa shape index (κ2) is 4.17. The highest BCUT2D eigenvalue weighted by atomic mass is 32.2. The van der Waals surface area contributed by atoms with Crippen LogP contribution in [-0.4, -0.2) is 28.8 Å². The molecule has 5 heteroatoms. The minimum Gasteiger partial charge on any atom is -0.327 e. The van der Waals surface area contributed by atoms with E-state index < -0.39 is 0 Å². The molecular weight excluding hydrogens is 248 g/mol. The van der Waals surface area contributed by atoms with Gasteiger partial charge in [-0.25, -0.2) is 4.79 Å². The van der Waals surface area contributed by atoms with E-state index in [1.807, 2.05) is 30.3 Å². The Hall–Kier alpha value is -1.75. The molecule has 0 radical (unpaired) electrons. The molecule has 2 amide bonds. The fourth-order valence-electron chi connectivity index (χ4n) is 2.28. The number of nitrogens with zero attached hydrogens (tertiary/aromatic N) is 1. The number of urea groups is 1. The van der Waals surface area contributed by atoms with E-state index in [1.54, 1.807) is 7.05 Å². The zero-order valence-corrected chi connectivity index (χ0v) is 10.7. The van der Waals surface area contributed by atoms with E-state index in [1.165, 1.54) is 16.7 Å². The van der Waals surface area contributed by atoms with Crippen molar-refractivity contribution >= 4 is 22.9 Å². The Balaban J connectivity index is 2.10. The molecule has 1 N–H and O–H groups in total. The fraction of sp³-hybridized carbons (Fsp3) is 0.231. The SMILES string of the molecule is CN1C(=O)N[C@@H](c2ccccc2)C2=C1CSC2=O. The molecule has 2 aliphatic rings. The van der Waals surface area contributed by atoms with Gasteiger partial charge in [0.25, 0.3) is 0 Å². The Morgan fingerprint density at radius 3 is 2.72 bits per heavy atom. The van der Waals surface area contributed by atoms with Gasteiger partial charge in [-0.2, -0.15) is 0 Å². The van der Waals surface area contributed by atoms with E-state index in [2.05, 4.69) is 5.32 Å². The average molecular weight is 260 g/mol. The van der Waals surface area contributed by atoms with Gasteiger partial charge in [-0.1, -0.05) is 42.1 Å². The summed E-state index contributed by atoms with van der Waals surface area (Å²) in [5.74, 6) is 0.585. The van der Waals surface area contributed by atoms with Crippen molar-refractivity contribution in [2.75, 3.05) is 12.8 Å². The number of thioether (sulfide) groups is 1. The summed E-state index contributed by atoms with van der Waals surface area (Å²) >= 11 is 1.26. The maximum atomic E-state index is 12.0. The molecule has 0 unspecified atom stereocenters. The first-order valence-electron chi connectivity index (χ1n) is 5.68. The molecule has 1 atom stereocenters. The van der Waals surface area contributed by atoms with Crippen LogP contribution in [0.1, 0.15) is 11.6 Å². The number of benzene rings is 1. The van der Waals surface area contributed by atoms with Crippen LogP contribution >= 0.6 is 11.8 Å². The van der Waals surface area contributed by atoms with Crippen molar-refractivity contribution in [3.63, 3.8) is 0 Å². The molecule has 0 spiro atoms. The van der Waals surface area contributed by atoms with Crippen LogP contribution in [0.3, 0.4) is 0 Å². The summed E-state index contributed by atoms with van der Waals surface area (Å²) in [5, 5.41) is 2.94. The molecule has 1 aromatic carbocycles. The Labute approximate surface area is 109 Å². The van der Waals surface area contributed by atoms with Crippen LogP contribution in [0.25, 0.3) is 0 Å². The largest absolute Gasteiger partial charge is 0.327 e. The molecule has 0 saturated heterocycles. The second-order valence-electron chi connectivity index (χ2n) is 4.29. The van der Waals surface area contributed by atoms with Gasteiger partial charge in [-0.05, 0) is 5.56 Å². The Morgan fingerprint density at radius 2 is 2.00 bits per heavy atom. The maximum Gasteiger partial charge on any atom is 0.322 e. The van der Waals surface area contributed by atoms with Gasteiger partial charge >= 0.3 is 6.03 Å². The van der Waals surface area contributed by atoms with Crippen LogP contribution in [-0.2, 0) is 4.79 Å². The molecule has 92 valence electrons. The summed E-state index contributed by atoms with van der Waals surface area (Å²) < 4.78 is 0. The maximum absolute atomic E-state index is 12.0. The van der Waals surface area contributed by atoms with Crippen LogP contribution in [0.5, 0.6) is 0 Å². The lowest BCUT2D eigenvalue weighted by Crippen LogP contribution is -2.45. The highest BCUT2D eigenvalue weighted by Crippen LogP contribution is 2.39. The van der Waals surface area contributed by atoms with Gasteiger partial charge in [0.15, 0.2) is 0 Å². The van der Waals surface area contributed by atoms with E-state index in [0.29, 0.717) is 11.3 Å². The third-order valence-electron chi connectivity index (χ3n) is 3.27. The summed E-state index contributed by atoms with van der Waals surface area (Å²) in [6.45, 7) is 0. The molecule has 3 rings (SSSR count). The monoisotopic (exact) mass is 260 g/mol. The predicted octanol–water partition coefficient (Wildman–Crippen LogP) is 1.91. The molecule has 18 heavy (non-hydrogen) atoms. The number of carbonyl (C=O) groups is 2. The third-order valence-corrected chi connectivity index (χ3v) is 4.17. The molecule has 0 bridgehead atoms. The lowest BCUT2D eigenvalue weighted by atomic mass is 9.96. The molecule has 0 saturated carbocycles. The van der Waals surface area contributed by atoms with Crippen LogP contribution in [0.4, 0.5) is 4.79 Å². The number of hydrogen-bond acceptors (Lipinski definition) is 3. The number of carbonyl (C=O) groups excluding carboxylic acids is 2. The number of nitrogens with one attached hydrogen (secondary N) is 1. The van der Waals surface area contributed by atoms with E-state index in [-0.39, 0.29) is 17.2 Å². The van der Waals surface area contributed by atoms with Crippen LogP contribution in [0.15, 0.2) is 41.6 Å². The normalized spacial score (nSPS) is 23.2. The topological polar surface area (TPSA) is 49.4 Å². The third kappa shape index (κ3) is 1.62. The summed E-state index contributed by atoms with van der Waals surface area (Å²) in [5.41, 5.74) is 2.50. The molecule has 2 aliphatic heterocycles. The van der Waals surface area contributed by atoms with Gasteiger partial charge < -0.3 is 5.32 Å². The second-order valence-corrected chi connectivity index (χ2v) is 5.24. The standard InChI is InChI=1S/C13H12N2O2S/c1-15-9-7-18-12(16)10(9)11(14-13(15)17)8-5-3-2-4-6-8/h2-6,11H,7H2,1H3,(H,14,17)/t11-/m0/s1. The van der Waals surface area contributed by atoms with Gasteiger partial charge in [0, 0.05) is 18.5 Å². The van der Waals surface area contributed by atoms with Crippen molar-refractivity contribution in [2.24, 2.45) is 0 Å². The summed E-state index contributed by atoms with van der Waals surface area (Å²) in [7, 11) is 1.70. The lowest BCUT2D eigenvalue weighted by Gasteiger charge is -2.31. The summed E-state index contributed by atoms with van der Waals surface area (Å²) in [6.07, 6.45) is 0. The molecule has 0 aromatic heterocycles. The van der Waals surface area contributed by atoms with Crippen molar-refractivity contribution in [2.45, 2.75) is 6.04 Å². The Bertz CT molecular complexity index is 553. The molecule has 2 heterocycles. The average Bonchev–Trinajstić information content (AvgIpc) is 2.77.